The zero-order valence-electron chi connectivity index (χ0n) is 7.17. The molecule has 0 aliphatic rings. The van der Waals surface area contributed by atoms with E-state index in [9.17, 15) is 5.11 Å². The van der Waals surface area contributed by atoms with Crippen LogP contribution in [0.15, 0.2) is 17.5 Å². The van der Waals surface area contributed by atoms with Gasteiger partial charge in [0.15, 0.2) is 0 Å². The number of aryl methyl sites for hydroxylation is 1. The summed E-state index contributed by atoms with van der Waals surface area (Å²) in [5.41, 5.74) is 1.74. The van der Waals surface area contributed by atoms with Crippen molar-refractivity contribution in [3.63, 3.8) is 0 Å². The Kier molecular flexibility index (Phi) is 2.18. The second-order valence-corrected chi connectivity index (χ2v) is 4.19. The van der Waals surface area contributed by atoms with Gasteiger partial charge in [-0.2, -0.15) is 0 Å². The lowest BCUT2D eigenvalue weighted by Crippen LogP contribution is -1.83. The average Bonchev–Trinajstić information content (AvgIpc) is 2.59. The summed E-state index contributed by atoms with van der Waals surface area (Å²) in [5.74, 6) is 0.696. The minimum atomic E-state index is 0.334. The van der Waals surface area contributed by atoms with Crippen LogP contribution < -0.4 is 0 Å². The third-order valence-corrected chi connectivity index (χ3v) is 3.36. The number of hydrogen-bond acceptors (Lipinski definition) is 2. The first-order valence-corrected chi connectivity index (χ1v) is 5.40. The van der Waals surface area contributed by atoms with Crippen molar-refractivity contribution in [2.75, 3.05) is 0 Å². The maximum Gasteiger partial charge on any atom is 0.123 e. The van der Waals surface area contributed by atoms with Crippen molar-refractivity contribution in [2.45, 2.75) is 12.8 Å². The molecular formula is C10H9ClOS. The first kappa shape index (κ1) is 8.85. The van der Waals surface area contributed by atoms with Crippen LogP contribution in [0.1, 0.15) is 11.1 Å². The van der Waals surface area contributed by atoms with Crippen molar-refractivity contribution in [1.29, 1.82) is 0 Å². The van der Waals surface area contributed by atoms with Crippen LogP contribution in [0.2, 0.25) is 0 Å². The summed E-state index contributed by atoms with van der Waals surface area (Å²) in [4.78, 5) is 0. The molecule has 0 radical (unpaired) electrons. The molecule has 0 saturated carbocycles. The topological polar surface area (TPSA) is 20.2 Å². The van der Waals surface area contributed by atoms with Crippen molar-refractivity contribution in [3.05, 3.63) is 28.6 Å². The highest BCUT2D eigenvalue weighted by Gasteiger charge is 2.08. The molecule has 13 heavy (non-hydrogen) atoms. The summed E-state index contributed by atoms with van der Waals surface area (Å²) in [5, 5.41) is 12.9. The number of hydrogen-bond donors (Lipinski definition) is 1. The molecule has 0 aliphatic heterocycles. The highest BCUT2D eigenvalue weighted by atomic mass is 35.5. The molecule has 0 bridgehead atoms. The molecule has 2 aromatic rings. The number of halogens is 1. The molecular weight excluding hydrogens is 204 g/mol. The predicted molar refractivity (Wildman–Crippen MR) is 57.8 cm³/mol. The van der Waals surface area contributed by atoms with E-state index in [0.717, 1.165) is 16.5 Å². The van der Waals surface area contributed by atoms with Gasteiger partial charge in [-0.3, -0.25) is 0 Å². The molecule has 0 aliphatic carbocycles. The number of rotatable bonds is 1. The van der Waals surface area contributed by atoms with Crippen LogP contribution in [0.4, 0.5) is 0 Å². The monoisotopic (exact) mass is 212 g/mol. The minimum Gasteiger partial charge on any atom is -0.507 e. The second kappa shape index (κ2) is 3.20. The number of phenols is 1. The normalized spacial score (nSPS) is 10.9. The van der Waals surface area contributed by atoms with Crippen LogP contribution in [-0.4, -0.2) is 5.11 Å². The number of alkyl halides is 1. The number of fused-ring (bicyclic) bond motifs is 1. The molecule has 0 amide bonds. The molecule has 1 heterocycles. The lowest BCUT2D eigenvalue weighted by molar-refractivity contribution is 0.467. The Bertz CT molecular complexity index is 447. The smallest absolute Gasteiger partial charge is 0.123 e. The van der Waals surface area contributed by atoms with Gasteiger partial charge in [0, 0.05) is 10.3 Å². The third-order valence-electron chi connectivity index (χ3n) is 2.21. The van der Waals surface area contributed by atoms with Crippen molar-refractivity contribution in [2.24, 2.45) is 0 Å². The minimum absolute atomic E-state index is 0.334. The highest BCUT2D eigenvalue weighted by molar-refractivity contribution is 7.17. The Labute approximate surface area is 85.6 Å². The van der Waals surface area contributed by atoms with Gasteiger partial charge in [-0.1, -0.05) is 0 Å². The summed E-state index contributed by atoms with van der Waals surface area (Å²) >= 11 is 7.39. The van der Waals surface area contributed by atoms with E-state index in [1.54, 1.807) is 11.3 Å². The average molecular weight is 213 g/mol. The Morgan fingerprint density at radius 3 is 3.00 bits per heavy atom. The largest absolute Gasteiger partial charge is 0.507 e. The maximum atomic E-state index is 9.73. The quantitative estimate of drug-likeness (QED) is 0.716. The molecule has 1 nitrogen and oxygen atoms in total. The Morgan fingerprint density at radius 1 is 1.54 bits per heavy atom. The molecule has 2 rings (SSSR count). The van der Waals surface area contributed by atoms with Crippen LogP contribution in [0.5, 0.6) is 5.75 Å². The van der Waals surface area contributed by atoms with E-state index in [0.29, 0.717) is 11.6 Å². The van der Waals surface area contributed by atoms with Gasteiger partial charge >= 0.3 is 0 Å². The van der Waals surface area contributed by atoms with Crippen molar-refractivity contribution >= 4 is 33.0 Å². The van der Waals surface area contributed by atoms with Crippen molar-refractivity contribution in [3.8, 4) is 5.75 Å². The van der Waals surface area contributed by atoms with Gasteiger partial charge in [0.05, 0.1) is 5.88 Å². The Hall–Kier alpha value is -0.730. The summed E-state index contributed by atoms with van der Waals surface area (Å²) < 4.78 is 1.19. The second-order valence-electron chi connectivity index (χ2n) is 2.98. The van der Waals surface area contributed by atoms with E-state index in [4.69, 9.17) is 11.6 Å². The van der Waals surface area contributed by atoms with E-state index in [2.05, 4.69) is 0 Å². The van der Waals surface area contributed by atoms with Crippen LogP contribution in [0.3, 0.4) is 0 Å². The lowest BCUT2D eigenvalue weighted by atomic mass is 10.1. The summed E-state index contributed by atoms with van der Waals surface area (Å²) in [6.45, 7) is 1.92. The van der Waals surface area contributed by atoms with Crippen molar-refractivity contribution < 1.29 is 5.11 Å². The first-order chi connectivity index (χ1) is 6.24. The molecule has 1 aromatic carbocycles. The Morgan fingerprint density at radius 2 is 2.31 bits per heavy atom. The van der Waals surface area contributed by atoms with Crippen LogP contribution in [0, 0.1) is 6.92 Å². The molecule has 68 valence electrons. The fourth-order valence-corrected chi connectivity index (χ4v) is 2.55. The van der Waals surface area contributed by atoms with Gasteiger partial charge in [-0.25, -0.2) is 0 Å². The van der Waals surface area contributed by atoms with Gasteiger partial charge < -0.3 is 5.11 Å². The lowest BCUT2D eigenvalue weighted by Gasteiger charge is -2.05. The van der Waals surface area contributed by atoms with E-state index >= 15 is 0 Å². The van der Waals surface area contributed by atoms with Crippen LogP contribution in [-0.2, 0) is 5.88 Å². The van der Waals surface area contributed by atoms with Gasteiger partial charge in [0.1, 0.15) is 5.75 Å². The third kappa shape index (κ3) is 1.30. The molecule has 0 unspecified atom stereocenters. The van der Waals surface area contributed by atoms with E-state index in [1.807, 2.05) is 24.4 Å². The van der Waals surface area contributed by atoms with Gasteiger partial charge in [-0.05, 0) is 35.4 Å². The molecule has 0 spiro atoms. The highest BCUT2D eigenvalue weighted by Crippen LogP contribution is 2.34. The predicted octanol–water partition coefficient (Wildman–Crippen LogP) is 3.65. The maximum absolute atomic E-state index is 9.73. The number of benzene rings is 1. The van der Waals surface area contributed by atoms with Gasteiger partial charge in [-0.15, -0.1) is 22.9 Å². The first-order valence-electron chi connectivity index (χ1n) is 3.98. The zero-order valence-corrected chi connectivity index (χ0v) is 8.75. The van der Waals surface area contributed by atoms with E-state index in [1.165, 1.54) is 4.70 Å². The summed E-state index contributed by atoms with van der Waals surface area (Å²) in [6, 6.07) is 3.97. The number of thiophene rings is 1. The molecule has 0 atom stereocenters. The fraction of sp³-hybridized carbons (Fsp3) is 0.200. The molecule has 1 aromatic heterocycles. The van der Waals surface area contributed by atoms with E-state index in [-0.39, 0.29) is 0 Å². The number of phenolic OH excluding ortho intramolecular Hbond substituents is 1. The summed E-state index contributed by atoms with van der Waals surface area (Å²) in [6.07, 6.45) is 0. The SMILES string of the molecule is Cc1c(O)c(CCl)cc2sccc12. The van der Waals surface area contributed by atoms with E-state index < -0.39 is 0 Å². The molecule has 1 N–H and O–H groups in total. The summed E-state index contributed by atoms with van der Waals surface area (Å²) in [7, 11) is 0. The van der Waals surface area contributed by atoms with Gasteiger partial charge in [0.25, 0.3) is 0 Å². The molecule has 0 fully saturated rings. The fourth-order valence-electron chi connectivity index (χ4n) is 1.44. The molecule has 3 heteroatoms. The van der Waals surface area contributed by atoms with Crippen LogP contribution in [0.25, 0.3) is 10.1 Å². The van der Waals surface area contributed by atoms with Gasteiger partial charge in [0.2, 0.25) is 0 Å². The number of aromatic hydroxyl groups is 1. The van der Waals surface area contributed by atoms with Crippen molar-refractivity contribution in [1.82, 2.24) is 0 Å². The Balaban J connectivity index is 2.83. The standard InChI is InChI=1S/C10H9ClOS/c1-6-8-2-3-13-9(8)4-7(5-11)10(6)12/h2-4,12H,5H2,1H3. The zero-order chi connectivity index (χ0) is 9.42. The van der Waals surface area contributed by atoms with Crippen LogP contribution >= 0.6 is 22.9 Å². The molecule has 0 saturated heterocycles.